The van der Waals surface area contributed by atoms with Crippen molar-refractivity contribution in [1.82, 2.24) is 4.98 Å². The van der Waals surface area contributed by atoms with Gasteiger partial charge >= 0.3 is 0 Å². The molecule has 0 saturated heterocycles. The van der Waals surface area contributed by atoms with E-state index in [1.165, 1.54) is 5.69 Å². The van der Waals surface area contributed by atoms with Crippen molar-refractivity contribution in [3.05, 3.63) is 34.5 Å². The normalized spacial score (nSPS) is 20.8. The summed E-state index contributed by atoms with van der Waals surface area (Å²) in [5, 5.41) is 12.0. The Hall–Kier alpha value is -0.990. The third-order valence-corrected chi connectivity index (χ3v) is 3.61. The molecular formula is C13H14ClNO. The van der Waals surface area contributed by atoms with Crippen molar-refractivity contribution in [2.75, 3.05) is 0 Å². The van der Waals surface area contributed by atoms with Gasteiger partial charge in [0.2, 0.25) is 0 Å². The Balaban J connectivity index is 2.28. The first-order valence-electron chi connectivity index (χ1n) is 5.74. The molecule has 0 amide bonds. The molecule has 1 atom stereocenters. The number of hydrogen-bond acceptors (Lipinski definition) is 1. The molecule has 2 N–H and O–H groups in total. The van der Waals surface area contributed by atoms with Crippen molar-refractivity contribution < 1.29 is 5.11 Å². The van der Waals surface area contributed by atoms with Crippen molar-refractivity contribution >= 4 is 22.5 Å². The fourth-order valence-corrected chi connectivity index (χ4v) is 2.77. The zero-order chi connectivity index (χ0) is 11.1. The van der Waals surface area contributed by atoms with E-state index in [0.717, 1.165) is 47.2 Å². The Labute approximate surface area is 99.2 Å². The number of aromatic nitrogens is 1. The zero-order valence-electron chi connectivity index (χ0n) is 8.96. The Morgan fingerprint density at radius 2 is 2.19 bits per heavy atom. The molecule has 0 bridgehead atoms. The average molecular weight is 236 g/mol. The van der Waals surface area contributed by atoms with Crippen LogP contribution in [0.25, 0.3) is 10.9 Å². The molecule has 16 heavy (non-hydrogen) atoms. The lowest BCUT2D eigenvalue weighted by Crippen LogP contribution is -1.96. The van der Waals surface area contributed by atoms with Gasteiger partial charge in [-0.15, -0.1) is 0 Å². The smallest absolute Gasteiger partial charge is 0.0813 e. The highest BCUT2D eigenvalue weighted by molar-refractivity contribution is 6.31. The van der Waals surface area contributed by atoms with Gasteiger partial charge in [0.05, 0.1) is 6.10 Å². The predicted molar refractivity (Wildman–Crippen MR) is 65.8 cm³/mol. The van der Waals surface area contributed by atoms with Crippen LogP contribution in [-0.4, -0.2) is 10.1 Å². The number of rotatable bonds is 0. The SMILES string of the molecule is OC1CCCCc2[nH]c3ccc(Cl)cc3c21. The molecule has 1 aromatic heterocycles. The molecule has 3 rings (SSSR count). The van der Waals surface area contributed by atoms with E-state index in [1.54, 1.807) is 0 Å². The first-order valence-corrected chi connectivity index (χ1v) is 6.11. The third kappa shape index (κ3) is 1.53. The number of hydrogen-bond donors (Lipinski definition) is 2. The minimum atomic E-state index is -0.343. The minimum Gasteiger partial charge on any atom is -0.388 e. The monoisotopic (exact) mass is 235 g/mol. The maximum atomic E-state index is 10.2. The highest BCUT2D eigenvalue weighted by atomic mass is 35.5. The van der Waals surface area contributed by atoms with E-state index in [2.05, 4.69) is 4.98 Å². The molecule has 1 unspecified atom stereocenters. The summed E-state index contributed by atoms with van der Waals surface area (Å²) in [5.41, 5.74) is 3.33. The standard InChI is InChI=1S/C13H14ClNO/c14-8-5-6-10-9(7-8)13-11(15-10)3-1-2-4-12(13)16/h5-7,12,15-16H,1-4H2. The number of halogens is 1. The number of fused-ring (bicyclic) bond motifs is 3. The lowest BCUT2D eigenvalue weighted by atomic mass is 10.0. The number of benzene rings is 1. The van der Waals surface area contributed by atoms with Crippen LogP contribution in [0.4, 0.5) is 0 Å². The Morgan fingerprint density at radius 1 is 1.31 bits per heavy atom. The first-order chi connectivity index (χ1) is 7.75. The van der Waals surface area contributed by atoms with Crippen LogP contribution >= 0.6 is 11.6 Å². The number of aryl methyl sites for hydroxylation is 1. The second-order valence-electron chi connectivity index (χ2n) is 4.47. The lowest BCUT2D eigenvalue weighted by molar-refractivity contribution is 0.168. The molecular weight excluding hydrogens is 222 g/mol. The summed E-state index contributed by atoms with van der Waals surface area (Å²) < 4.78 is 0. The van der Waals surface area contributed by atoms with E-state index in [0.29, 0.717) is 0 Å². The Morgan fingerprint density at radius 3 is 3.06 bits per heavy atom. The van der Waals surface area contributed by atoms with E-state index in [9.17, 15) is 5.11 Å². The van der Waals surface area contributed by atoms with Crippen LogP contribution < -0.4 is 0 Å². The molecule has 2 nitrogen and oxygen atoms in total. The van der Waals surface area contributed by atoms with Crippen LogP contribution in [-0.2, 0) is 6.42 Å². The molecule has 0 fully saturated rings. The van der Waals surface area contributed by atoms with Crippen molar-refractivity contribution in [3.63, 3.8) is 0 Å². The van der Waals surface area contributed by atoms with E-state index in [1.807, 2.05) is 18.2 Å². The van der Waals surface area contributed by atoms with Crippen LogP contribution in [0.2, 0.25) is 5.02 Å². The molecule has 1 heterocycles. The molecule has 1 aromatic carbocycles. The number of aliphatic hydroxyl groups is 1. The third-order valence-electron chi connectivity index (χ3n) is 3.37. The summed E-state index contributed by atoms with van der Waals surface area (Å²) in [6.45, 7) is 0. The average Bonchev–Trinajstić information content (AvgIpc) is 2.51. The maximum absolute atomic E-state index is 10.2. The number of aromatic amines is 1. The fraction of sp³-hybridized carbons (Fsp3) is 0.385. The van der Waals surface area contributed by atoms with Gasteiger partial charge in [0.25, 0.3) is 0 Å². The van der Waals surface area contributed by atoms with Crippen molar-refractivity contribution in [2.24, 2.45) is 0 Å². The van der Waals surface area contributed by atoms with Crippen LogP contribution in [0.5, 0.6) is 0 Å². The van der Waals surface area contributed by atoms with Gasteiger partial charge in [0.15, 0.2) is 0 Å². The molecule has 0 radical (unpaired) electrons. The van der Waals surface area contributed by atoms with Gasteiger partial charge in [0.1, 0.15) is 0 Å². The number of H-pyrrole nitrogens is 1. The van der Waals surface area contributed by atoms with Crippen LogP contribution in [0.1, 0.15) is 36.6 Å². The van der Waals surface area contributed by atoms with Gasteiger partial charge in [-0.2, -0.15) is 0 Å². The Bertz CT molecular complexity index is 532. The van der Waals surface area contributed by atoms with Gasteiger partial charge in [-0.3, -0.25) is 0 Å². The molecule has 3 heteroatoms. The highest BCUT2D eigenvalue weighted by Gasteiger charge is 2.21. The number of nitrogens with one attached hydrogen (secondary N) is 1. The second-order valence-corrected chi connectivity index (χ2v) is 4.91. The highest BCUT2D eigenvalue weighted by Crippen LogP contribution is 2.35. The molecule has 1 aliphatic carbocycles. The molecule has 1 aliphatic rings. The largest absolute Gasteiger partial charge is 0.388 e. The van der Waals surface area contributed by atoms with E-state index in [-0.39, 0.29) is 6.10 Å². The quantitative estimate of drug-likeness (QED) is 0.673. The second kappa shape index (κ2) is 3.79. The molecule has 2 aromatic rings. The lowest BCUT2D eigenvalue weighted by Gasteiger charge is -2.07. The predicted octanol–water partition coefficient (Wildman–Crippen LogP) is 3.58. The van der Waals surface area contributed by atoms with E-state index in [4.69, 9.17) is 11.6 Å². The molecule has 84 valence electrons. The van der Waals surface area contributed by atoms with Gasteiger partial charge in [-0.1, -0.05) is 18.0 Å². The summed E-state index contributed by atoms with van der Waals surface area (Å²) in [7, 11) is 0. The zero-order valence-corrected chi connectivity index (χ0v) is 9.72. The fourth-order valence-electron chi connectivity index (χ4n) is 2.60. The van der Waals surface area contributed by atoms with Crippen molar-refractivity contribution in [2.45, 2.75) is 31.8 Å². The van der Waals surface area contributed by atoms with Gasteiger partial charge in [-0.05, 0) is 37.5 Å². The first kappa shape index (κ1) is 10.2. The van der Waals surface area contributed by atoms with Crippen LogP contribution in [0.3, 0.4) is 0 Å². The van der Waals surface area contributed by atoms with Gasteiger partial charge < -0.3 is 10.1 Å². The molecule has 0 saturated carbocycles. The van der Waals surface area contributed by atoms with E-state index >= 15 is 0 Å². The van der Waals surface area contributed by atoms with Crippen LogP contribution in [0.15, 0.2) is 18.2 Å². The summed E-state index contributed by atoms with van der Waals surface area (Å²) in [4.78, 5) is 3.40. The summed E-state index contributed by atoms with van der Waals surface area (Å²) in [6.07, 6.45) is 3.77. The Kier molecular flexibility index (Phi) is 2.41. The maximum Gasteiger partial charge on any atom is 0.0813 e. The molecule has 0 aliphatic heterocycles. The van der Waals surface area contributed by atoms with E-state index < -0.39 is 0 Å². The van der Waals surface area contributed by atoms with Crippen molar-refractivity contribution in [1.29, 1.82) is 0 Å². The van der Waals surface area contributed by atoms with Crippen LogP contribution in [0, 0.1) is 0 Å². The summed E-state index contributed by atoms with van der Waals surface area (Å²) >= 11 is 6.01. The van der Waals surface area contributed by atoms with Crippen molar-refractivity contribution in [3.8, 4) is 0 Å². The molecule has 0 spiro atoms. The number of aliphatic hydroxyl groups excluding tert-OH is 1. The summed E-state index contributed by atoms with van der Waals surface area (Å²) in [6, 6.07) is 5.81. The topological polar surface area (TPSA) is 36.0 Å². The van der Waals surface area contributed by atoms with Gasteiger partial charge in [-0.25, -0.2) is 0 Å². The summed E-state index contributed by atoms with van der Waals surface area (Å²) in [5.74, 6) is 0. The van der Waals surface area contributed by atoms with Gasteiger partial charge in [0, 0.05) is 27.2 Å². The minimum absolute atomic E-state index is 0.343.